The van der Waals surface area contributed by atoms with Crippen molar-refractivity contribution in [1.29, 1.82) is 0 Å². The second-order valence-electron chi connectivity index (χ2n) is 4.29. The van der Waals surface area contributed by atoms with E-state index in [1.165, 1.54) is 19.3 Å². The molecule has 2 aliphatic carbocycles. The van der Waals surface area contributed by atoms with Gasteiger partial charge in [0.05, 0.1) is 0 Å². The van der Waals surface area contributed by atoms with Crippen LogP contribution in [0.4, 0.5) is 0 Å². The zero-order chi connectivity index (χ0) is 7.35. The lowest BCUT2D eigenvalue weighted by Gasteiger charge is -2.27. The average molecular weight is 138 g/mol. The van der Waals surface area contributed by atoms with Crippen LogP contribution in [0.2, 0.25) is 0 Å². The van der Waals surface area contributed by atoms with E-state index in [-0.39, 0.29) is 5.41 Å². The molecule has 0 saturated heterocycles. The number of carbonyl (C=O) groups is 1. The summed E-state index contributed by atoms with van der Waals surface area (Å²) in [5.74, 6) is 1.69. The molecule has 0 aromatic heterocycles. The molecule has 0 amide bonds. The summed E-state index contributed by atoms with van der Waals surface area (Å²) < 4.78 is 0. The molecule has 0 N–H and O–H groups in total. The lowest BCUT2D eigenvalue weighted by Crippen LogP contribution is -2.30. The van der Waals surface area contributed by atoms with Gasteiger partial charge in [0.2, 0.25) is 0 Å². The van der Waals surface area contributed by atoms with Gasteiger partial charge in [0.1, 0.15) is 5.78 Å². The van der Waals surface area contributed by atoms with Crippen LogP contribution in [0.25, 0.3) is 0 Å². The van der Waals surface area contributed by atoms with Gasteiger partial charge in [-0.3, -0.25) is 4.79 Å². The van der Waals surface area contributed by atoms with Crippen molar-refractivity contribution in [3.05, 3.63) is 0 Å². The molecule has 10 heavy (non-hydrogen) atoms. The Hall–Kier alpha value is -0.330. The van der Waals surface area contributed by atoms with E-state index in [1.807, 2.05) is 0 Å². The molecule has 56 valence electrons. The summed E-state index contributed by atoms with van der Waals surface area (Å²) in [7, 11) is 0. The predicted octanol–water partition coefficient (Wildman–Crippen LogP) is 2.01. The van der Waals surface area contributed by atoms with E-state index >= 15 is 0 Å². The smallest absolute Gasteiger partial charge is 0.141 e. The molecule has 0 aliphatic heterocycles. The number of hydrogen-bond donors (Lipinski definition) is 0. The van der Waals surface area contributed by atoms with Gasteiger partial charge in [-0.25, -0.2) is 0 Å². The minimum absolute atomic E-state index is 0.0307. The Bertz CT molecular complexity index is 181. The van der Waals surface area contributed by atoms with E-state index in [0.29, 0.717) is 17.6 Å². The van der Waals surface area contributed by atoms with Gasteiger partial charge in [0.15, 0.2) is 0 Å². The summed E-state index contributed by atoms with van der Waals surface area (Å²) in [6.07, 6.45) is 3.65. The van der Waals surface area contributed by atoms with Gasteiger partial charge in [-0.15, -0.1) is 0 Å². The Morgan fingerprint density at radius 1 is 1.40 bits per heavy atom. The maximum Gasteiger partial charge on any atom is 0.141 e. The molecule has 1 heteroatoms. The predicted molar refractivity (Wildman–Crippen MR) is 39.6 cm³/mol. The van der Waals surface area contributed by atoms with Crippen LogP contribution in [0.3, 0.4) is 0 Å². The Morgan fingerprint density at radius 3 is 2.40 bits per heavy atom. The summed E-state index contributed by atoms with van der Waals surface area (Å²) in [5, 5.41) is 0. The Labute approximate surface area is 61.8 Å². The summed E-state index contributed by atoms with van der Waals surface area (Å²) in [6, 6.07) is 0. The largest absolute Gasteiger partial charge is 0.299 e. The van der Waals surface area contributed by atoms with Crippen LogP contribution < -0.4 is 0 Å². The zero-order valence-electron chi connectivity index (χ0n) is 6.68. The first-order chi connectivity index (χ1) is 4.62. The van der Waals surface area contributed by atoms with Crippen molar-refractivity contribution in [2.45, 2.75) is 33.1 Å². The first-order valence-corrected chi connectivity index (χ1v) is 4.16. The van der Waals surface area contributed by atoms with Crippen LogP contribution >= 0.6 is 0 Å². The highest BCUT2D eigenvalue weighted by Gasteiger charge is 2.51. The molecule has 2 aliphatic rings. The molecule has 0 aromatic rings. The molecule has 0 radical (unpaired) electrons. The number of rotatable bonds is 0. The van der Waals surface area contributed by atoms with Gasteiger partial charge < -0.3 is 0 Å². The fourth-order valence-corrected chi connectivity index (χ4v) is 2.60. The van der Waals surface area contributed by atoms with E-state index in [9.17, 15) is 4.79 Å². The molecule has 0 aromatic carbocycles. The minimum Gasteiger partial charge on any atom is -0.299 e. The van der Waals surface area contributed by atoms with Crippen molar-refractivity contribution in [2.24, 2.45) is 17.3 Å². The van der Waals surface area contributed by atoms with Gasteiger partial charge >= 0.3 is 0 Å². The van der Waals surface area contributed by atoms with Crippen LogP contribution in [0.1, 0.15) is 33.1 Å². The summed E-state index contributed by atoms with van der Waals surface area (Å²) in [4.78, 5) is 11.5. The molecule has 2 atom stereocenters. The third-order valence-electron chi connectivity index (χ3n) is 3.46. The molecule has 2 bridgehead atoms. The molecule has 2 fully saturated rings. The number of ketones is 1. The number of Topliss-reactive ketones (excluding diaryl/α,β-unsaturated/α-hetero) is 1. The van der Waals surface area contributed by atoms with Gasteiger partial charge in [-0.1, -0.05) is 13.8 Å². The van der Waals surface area contributed by atoms with Gasteiger partial charge in [0, 0.05) is 11.3 Å². The van der Waals surface area contributed by atoms with Gasteiger partial charge in [-0.05, 0) is 25.2 Å². The first kappa shape index (κ1) is 6.38. The second-order valence-corrected chi connectivity index (χ2v) is 4.29. The van der Waals surface area contributed by atoms with Crippen molar-refractivity contribution in [1.82, 2.24) is 0 Å². The van der Waals surface area contributed by atoms with E-state index < -0.39 is 0 Å². The second kappa shape index (κ2) is 1.63. The third kappa shape index (κ3) is 0.561. The summed E-state index contributed by atoms with van der Waals surface area (Å²) in [6.45, 7) is 4.22. The van der Waals surface area contributed by atoms with Crippen LogP contribution in [-0.2, 0) is 4.79 Å². The molecule has 0 heterocycles. The van der Waals surface area contributed by atoms with Crippen molar-refractivity contribution in [3.63, 3.8) is 0 Å². The molecule has 2 rings (SSSR count). The van der Waals surface area contributed by atoms with E-state index in [0.717, 1.165) is 0 Å². The molecule has 0 spiro atoms. The lowest BCUT2D eigenvalue weighted by molar-refractivity contribution is -0.130. The van der Waals surface area contributed by atoms with E-state index in [4.69, 9.17) is 0 Å². The van der Waals surface area contributed by atoms with Gasteiger partial charge in [-0.2, -0.15) is 0 Å². The number of hydrogen-bond acceptors (Lipinski definition) is 1. The highest BCUT2D eigenvalue weighted by molar-refractivity contribution is 5.89. The summed E-state index contributed by atoms with van der Waals surface area (Å²) in [5.41, 5.74) is 0.0307. The minimum atomic E-state index is 0.0307. The third-order valence-corrected chi connectivity index (χ3v) is 3.46. The standard InChI is InChI=1S/C9H14O/c1-9(2)7-4-3-6(5-7)8(9)10/h6-7H,3-5H2,1-2H3/t6-,7-/m0/s1. The van der Waals surface area contributed by atoms with Crippen molar-refractivity contribution in [2.75, 3.05) is 0 Å². The summed E-state index contributed by atoms with van der Waals surface area (Å²) >= 11 is 0. The molecule has 0 unspecified atom stereocenters. The van der Waals surface area contributed by atoms with Gasteiger partial charge in [0.25, 0.3) is 0 Å². The number of carbonyl (C=O) groups excluding carboxylic acids is 1. The molecular weight excluding hydrogens is 124 g/mol. The quantitative estimate of drug-likeness (QED) is 0.500. The highest BCUT2D eigenvalue weighted by atomic mass is 16.1. The maximum atomic E-state index is 11.5. The fourth-order valence-electron chi connectivity index (χ4n) is 2.60. The van der Waals surface area contributed by atoms with Crippen LogP contribution in [0.15, 0.2) is 0 Å². The topological polar surface area (TPSA) is 17.1 Å². The first-order valence-electron chi connectivity index (χ1n) is 4.16. The van der Waals surface area contributed by atoms with E-state index in [2.05, 4.69) is 13.8 Å². The lowest BCUT2D eigenvalue weighted by atomic mass is 9.76. The Morgan fingerprint density at radius 2 is 2.10 bits per heavy atom. The van der Waals surface area contributed by atoms with Crippen LogP contribution in [-0.4, -0.2) is 5.78 Å². The normalized spacial score (nSPS) is 42.8. The highest BCUT2D eigenvalue weighted by Crippen LogP contribution is 2.52. The van der Waals surface area contributed by atoms with Crippen molar-refractivity contribution >= 4 is 5.78 Å². The molecular formula is C9H14O. The van der Waals surface area contributed by atoms with Crippen LogP contribution in [0.5, 0.6) is 0 Å². The molecule has 1 nitrogen and oxygen atoms in total. The van der Waals surface area contributed by atoms with E-state index in [1.54, 1.807) is 0 Å². The monoisotopic (exact) mass is 138 g/mol. The zero-order valence-corrected chi connectivity index (χ0v) is 6.68. The Kier molecular flexibility index (Phi) is 1.04. The van der Waals surface area contributed by atoms with Crippen LogP contribution in [0, 0.1) is 17.3 Å². The Balaban J connectivity index is 2.34. The van der Waals surface area contributed by atoms with Crippen molar-refractivity contribution < 1.29 is 4.79 Å². The van der Waals surface area contributed by atoms with Crippen molar-refractivity contribution in [3.8, 4) is 0 Å². The maximum absolute atomic E-state index is 11.5. The SMILES string of the molecule is CC1(C)C(=O)[C@H]2CC[C@H]1C2. The average Bonchev–Trinajstić information content (AvgIpc) is 2.37. The fraction of sp³-hybridized carbons (Fsp3) is 0.889. The number of fused-ring (bicyclic) bond motifs is 2. The molecule has 2 saturated carbocycles.